The van der Waals surface area contributed by atoms with Gasteiger partial charge in [-0.2, -0.15) is 0 Å². The van der Waals surface area contributed by atoms with E-state index in [1.54, 1.807) is 0 Å². The minimum atomic E-state index is -1.36. The van der Waals surface area contributed by atoms with Crippen molar-refractivity contribution < 1.29 is 18.6 Å². The molecule has 0 aromatic heterocycles. The number of methoxy groups -OCH3 is 1. The second kappa shape index (κ2) is 4.70. The zero-order valence-electron chi connectivity index (χ0n) is 7.43. The first-order valence-corrected chi connectivity index (χ1v) is 4.66. The van der Waals surface area contributed by atoms with Gasteiger partial charge in [0.05, 0.1) is 7.11 Å². The van der Waals surface area contributed by atoms with Crippen LogP contribution in [0.3, 0.4) is 0 Å². The Kier molecular flexibility index (Phi) is 3.83. The Morgan fingerprint density at radius 1 is 1.57 bits per heavy atom. The molecule has 1 N–H and O–H groups in total. The number of halogens is 3. The van der Waals surface area contributed by atoms with Gasteiger partial charge in [-0.3, -0.25) is 0 Å². The molecular formula is C9H9BrF2O2. The molecule has 0 saturated heterocycles. The summed E-state index contributed by atoms with van der Waals surface area (Å²) in [5, 5.41) is 9.25. The fourth-order valence-corrected chi connectivity index (χ4v) is 1.57. The van der Waals surface area contributed by atoms with Crippen molar-refractivity contribution >= 4 is 15.9 Å². The van der Waals surface area contributed by atoms with Crippen molar-refractivity contribution in [1.82, 2.24) is 0 Å². The number of ether oxygens (including phenoxy) is 1. The lowest BCUT2D eigenvalue weighted by Crippen LogP contribution is -2.04. The first-order chi connectivity index (χ1) is 6.60. The normalized spacial score (nSPS) is 12.6. The van der Waals surface area contributed by atoms with Crippen molar-refractivity contribution in [2.45, 2.75) is 6.10 Å². The Labute approximate surface area is 88.6 Å². The van der Waals surface area contributed by atoms with Crippen molar-refractivity contribution in [3.8, 4) is 5.75 Å². The third kappa shape index (κ3) is 2.22. The van der Waals surface area contributed by atoms with E-state index < -0.39 is 18.6 Å². The van der Waals surface area contributed by atoms with E-state index in [0.717, 1.165) is 0 Å². The van der Waals surface area contributed by atoms with Gasteiger partial charge in [0.15, 0.2) is 11.6 Å². The maximum atomic E-state index is 13.2. The van der Waals surface area contributed by atoms with Crippen LogP contribution >= 0.6 is 15.9 Å². The lowest BCUT2D eigenvalue weighted by Gasteiger charge is -2.13. The highest BCUT2D eigenvalue weighted by Crippen LogP contribution is 2.31. The molecule has 5 heteroatoms. The molecule has 0 aliphatic rings. The van der Waals surface area contributed by atoms with Gasteiger partial charge in [-0.25, -0.2) is 8.78 Å². The van der Waals surface area contributed by atoms with E-state index >= 15 is 0 Å². The maximum absolute atomic E-state index is 13.2. The van der Waals surface area contributed by atoms with Crippen LogP contribution in [0.25, 0.3) is 0 Å². The Hall–Kier alpha value is -0.680. The van der Waals surface area contributed by atoms with Gasteiger partial charge in [-0.05, 0) is 12.1 Å². The van der Waals surface area contributed by atoms with Gasteiger partial charge in [0.2, 0.25) is 0 Å². The van der Waals surface area contributed by atoms with Gasteiger partial charge < -0.3 is 9.84 Å². The van der Waals surface area contributed by atoms with Crippen LogP contribution in [0.15, 0.2) is 16.6 Å². The third-order valence-corrected chi connectivity index (χ3v) is 2.20. The number of hydrogen-bond donors (Lipinski definition) is 1. The second-order valence-corrected chi connectivity index (χ2v) is 3.60. The summed E-state index contributed by atoms with van der Waals surface area (Å²) in [6.45, 7) is -0.980. The summed E-state index contributed by atoms with van der Waals surface area (Å²) in [4.78, 5) is 0. The Bertz CT molecular complexity index is 331. The monoisotopic (exact) mass is 266 g/mol. The van der Waals surface area contributed by atoms with E-state index in [9.17, 15) is 13.9 Å². The number of rotatable bonds is 3. The van der Waals surface area contributed by atoms with Crippen LogP contribution in [-0.2, 0) is 0 Å². The average Bonchev–Trinajstić information content (AvgIpc) is 2.15. The molecule has 1 unspecified atom stereocenters. The summed E-state index contributed by atoms with van der Waals surface area (Å²) in [7, 11) is 1.26. The van der Waals surface area contributed by atoms with E-state index in [1.807, 2.05) is 0 Å². The van der Waals surface area contributed by atoms with E-state index in [-0.39, 0.29) is 11.3 Å². The Balaban J connectivity index is 3.24. The number of alkyl halides is 1. The quantitative estimate of drug-likeness (QED) is 0.912. The van der Waals surface area contributed by atoms with Crippen LogP contribution in [0, 0.1) is 5.82 Å². The van der Waals surface area contributed by atoms with Crippen LogP contribution in [0.4, 0.5) is 8.78 Å². The molecule has 0 amide bonds. The van der Waals surface area contributed by atoms with Gasteiger partial charge in [0.1, 0.15) is 12.8 Å². The SMILES string of the molecule is COc1c(F)cc(Br)cc1C(O)CF. The van der Waals surface area contributed by atoms with E-state index in [1.165, 1.54) is 19.2 Å². The minimum absolute atomic E-state index is 0.0990. The molecular weight excluding hydrogens is 258 g/mol. The smallest absolute Gasteiger partial charge is 0.166 e. The first-order valence-electron chi connectivity index (χ1n) is 3.87. The number of benzene rings is 1. The lowest BCUT2D eigenvalue weighted by molar-refractivity contribution is 0.137. The molecule has 0 aliphatic carbocycles. The van der Waals surface area contributed by atoms with Gasteiger partial charge in [0.25, 0.3) is 0 Å². The molecule has 1 aromatic carbocycles. The molecule has 1 atom stereocenters. The predicted octanol–water partition coefficient (Wildman–Crippen LogP) is 2.60. The highest BCUT2D eigenvalue weighted by atomic mass is 79.9. The topological polar surface area (TPSA) is 29.5 Å². The summed E-state index contributed by atoms with van der Waals surface area (Å²) in [5.74, 6) is -0.761. The molecule has 2 nitrogen and oxygen atoms in total. The molecule has 0 spiro atoms. The summed E-state index contributed by atoms with van der Waals surface area (Å²) in [5.41, 5.74) is 0.0990. The van der Waals surface area contributed by atoms with E-state index in [4.69, 9.17) is 4.74 Å². The van der Waals surface area contributed by atoms with Crippen molar-refractivity contribution in [3.05, 3.63) is 28.0 Å². The van der Waals surface area contributed by atoms with Crippen molar-refractivity contribution in [2.24, 2.45) is 0 Å². The first kappa shape index (κ1) is 11.4. The van der Waals surface area contributed by atoms with Gasteiger partial charge in [-0.1, -0.05) is 15.9 Å². The molecule has 78 valence electrons. The zero-order valence-corrected chi connectivity index (χ0v) is 9.01. The lowest BCUT2D eigenvalue weighted by atomic mass is 10.1. The van der Waals surface area contributed by atoms with E-state index in [2.05, 4.69) is 15.9 Å². The van der Waals surface area contributed by atoms with Crippen LogP contribution in [-0.4, -0.2) is 18.9 Å². The summed E-state index contributed by atoms with van der Waals surface area (Å²) < 4.78 is 30.6. The molecule has 0 fully saturated rings. The summed E-state index contributed by atoms with van der Waals surface area (Å²) in [6, 6.07) is 2.61. The predicted molar refractivity (Wildman–Crippen MR) is 51.6 cm³/mol. The van der Waals surface area contributed by atoms with Gasteiger partial charge >= 0.3 is 0 Å². The number of aliphatic hydroxyl groups is 1. The van der Waals surface area contributed by atoms with Crippen molar-refractivity contribution in [2.75, 3.05) is 13.8 Å². The Morgan fingerprint density at radius 2 is 2.21 bits per heavy atom. The highest BCUT2D eigenvalue weighted by Gasteiger charge is 2.17. The summed E-state index contributed by atoms with van der Waals surface area (Å²) >= 11 is 3.04. The van der Waals surface area contributed by atoms with Crippen LogP contribution in [0.2, 0.25) is 0 Å². The molecule has 14 heavy (non-hydrogen) atoms. The summed E-state index contributed by atoms with van der Waals surface area (Å²) in [6.07, 6.45) is -1.36. The molecule has 0 saturated carbocycles. The molecule has 0 heterocycles. The average molecular weight is 267 g/mol. The maximum Gasteiger partial charge on any atom is 0.166 e. The zero-order chi connectivity index (χ0) is 10.7. The van der Waals surface area contributed by atoms with Crippen LogP contribution in [0.1, 0.15) is 11.7 Å². The molecule has 0 bridgehead atoms. The van der Waals surface area contributed by atoms with Crippen molar-refractivity contribution in [1.29, 1.82) is 0 Å². The molecule has 0 aliphatic heterocycles. The molecule has 0 radical (unpaired) electrons. The largest absolute Gasteiger partial charge is 0.493 e. The minimum Gasteiger partial charge on any atom is -0.493 e. The fraction of sp³-hybridized carbons (Fsp3) is 0.333. The molecule has 1 aromatic rings. The van der Waals surface area contributed by atoms with E-state index in [0.29, 0.717) is 4.47 Å². The van der Waals surface area contributed by atoms with Gasteiger partial charge in [0, 0.05) is 10.0 Å². The number of aliphatic hydroxyl groups excluding tert-OH is 1. The highest BCUT2D eigenvalue weighted by molar-refractivity contribution is 9.10. The standard InChI is InChI=1S/C9H9BrF2O2/c1-14-9-6(8(13)4-11)2-5(10)3-7(9)12/h2-3,8,13H,4H2,1H3. The Morgan fingerprint density at radius 3 is 2.71 bits per heavy atom. The van der Waals surface area contributed by atoms with Crippen LogP contribution in [0.5, 0.6) is 5.75 Å². The van der Waals surface area contributed by atoms with Gasteiger partial charge in [-0.15, -0.1) is 0 Å². The number of hydrogen-bond acceptors (Lipinski definition) is 2. The molecule has 1 rings (SSSR count). The van der Waals surface area contributed by atoms with Crippen molar-refractivity contribution in [3.63, 3.8) is 0 Å². The third-order valence-electron chi connectivity index (χ3n) is 1.75. The van der Waals surface area contributed by atoms with Crippen LogP contribution < -0.4 is 4.74 Å². The fourth-order valence-electron chi connectivity index (χ4n) is 1.13. The second-order valence-electron chi connectivity index (χ2n) is 2.68.